The molecule has 1 saturated heterocycles. The van der Waals surface area contributed by atoms with Gasteiger partial charge in [-0.3, -0.25) is 4.79 Å². The van der Waals surface area contributed by atoms with Crippen LogP contribution in [0, 0.1) is 0 Å². The molecule has 0 bridgehead atoms. The first kappa shape index (κ1) is 13.5. The van der Waals surface area contributed by atoms with E-state index in [1.807, 2.05) is 18.2 Å². The van der Waals surface area contributed by atoms with Gasteiger partial charge in [0.05, 0.1) is 0 Å². The first-order valence-electron chi connectivity index (χ1n) is 6.89. The zero-order chi connectivity index (χ0) is 13.9. The van der Waals surface area contributed by atoms with Gasteiger partial charge in [-0.1, -0.05) is 42.5 Å². The second-order valence-corrected chi connectivity index (χ2v) is 6.26. The number of hydrogen-bond acceptors (Lipinski definition) is 3. The van der Waals surface area contributed by atoms with Crippen molar-refractivity contribution < 1.29 is 4.79 Å². The summed E-state index contributed by atoms with van der Waals surface area (Å²) in [4.78, 5) is 12.4. The van der Waals surface area contributed by atoms with Crippen LogP contribution in [0.2, 0.25) is 0 Å². The molecule has 20 heavy (non-hydrogen) atoms. The minimum Gasteiger partial charge on any atom is -0.351 e. The number of amides is 1. The molecule has 1 aliphatic heterocycles. The molecule has 4 heteroatoms. The number of benzene rings is 2. The van der Waals surface area contributed by atoms with Crippen molar-refractivity contribution in [1.29, 1.82) is 0 Å². The van der Waals surface area contributed by atoms with Crippen LogP contribution < -0.4 is 11.1 Å². The highest BCUT2D eigenvalue weighted by molar-refractivity contribution is 8.00. The van der Waals surface area contributed by atoms with Crippen molar-refractivity contribution in [2.45, 2.75) is 17.7 Å². The highest BCUT2D eigenvalue weighted by Gasteiger charge is 2.27. The second-order valence-electron chi connectivity index (χ2n) is 5.05. The van der Waals surface area contributed by atoms with Gasteiger partial charge in [0.15, 0.2) is 0 Å². The summed E-state index contributed by atoms with van der Waals surface area (Å²) in [5, 5.41) is 5.26. The third-order valence-corrected chi connectivity index (χ3v) is 5.00. The molecule has 104 valence electrons. The predicted molar refractivity (Wildman–Crippen MR) is 84.7 cm³/mol. The number of nitrogens with one attached hydrogen (secondary N) is 1. The lowest BCUT2D eigenvalue weighted by atomic mass is 10.0. The third-order valence-electron chi connectivity index (χ3n) is 3.73. The summed E-state index contributed by atoms with van der Waals surface area (Å²) >= 11 is 1.71. The van der Waals surface area contributed by atoms with E-state index in [0.29, 0.717) is 6.54 Å². The molecular formula is C16H18N2OS. The Labute approximate surface area is 122 Å². The number of rotatable bonds is 2. The smallest absolute Gasteiger partial charge is 0.237 e. The summed E-state index contributed by atoms with van der Waals surface area (Å²) in [6, 6.07) is 14.5. The van der Waals surface area contributed by atoms with E-state index in [4.69, 9.17) is 5.73 Å². The van der Waals surface area contributed by atoms with E-state index in [1.54, 1.807) is 11.8 Å². The number of nitrogens with two attached hydrogens (primary N) is 1. The minimum atomic E-state index is -0.141. The Bertz CT molecular complexity index is 623. The van der Waals surface area contributed by atoms with Crippen LogP contribution in [0.3, 0.4) is 0 Å². The fraction of sp³-hybridized carbons (Fsp3) is 0.312. The molecule has 1 heterocycles. The summed E-state index contributed by atoms with van der Waals surface area (Å²) in [6.07, 6.45) is 0.939. The Balaban J connectivity index is 2.00. The Kier molecular flexibility index (Phi) is 3.94. The van der Waals surface area contributed by atoms with Crippen LogP contribution >= 0.6 is 11.8 Å². The Hall–Kier alpha value is -1.52. The summed E-state index contributed by atoms with van der Waals surface area (Å²) in [5.74, 6) is 1.04. The number of carbonyl (C=O) groups excluding carboxylic acids is 1. The van der Waals surface area contributed by atoms with Crippen molar-refractivity contribution in [3.63, 3.8) is 0 Å². The highest BCUT2D eigenvalue weighted by atomic mass is 32.2. The van der Waals surface area contributed by atoms with Crippen LogP contribution in [0.1, 0.15) is 17.2 Å². The maximum atomic E-state index is 12.4. The quantitative estimate of drug-likeness (QED) is 0.891. The molecule has 1 fully saturated rings. The Morgan fingerprint density at radius 3 is 2.85 bits per heavy atom. The van der Waals surface area contributed by atoms with Gasteiger partial charge in [-0.05, 0) is 28.5 Å². The standard InChI is InChI=1S/C16H18N2OS/c17-10-12-8-9-20-15(16(19)18-12)14-7-3-5-11-4-1-2-6-13(11)14/h1-7,12,15H,8-10,17H2,(H,18,19)/t12-,15+/m0/s1. The molecule has 3 rings (SSSR count). The molecule has 0 aromatic heterocycles. The number of fused-ring (bicyclic) bond motifs is 1. The normalized spacial score (nSPS) is 23.4. The predicted octanol–water partition coefficient (Wildman–Crippen LogP) is 2.46. The molecular weight excluding hydrogens is 268 g/mol. The first-order valence-corrected chi connectivity index (χ1v) is 7.94. The Morgan fingerprint density at radius 1 is 1.20 bits per heavy atom. The zero-order valence-electron chi connectivity index (χ0n) is 11.2. The fourth-order valence-electron chi connectivity index (χ4n) is 2.64. The zero-order valence-corrected chi connectivity index (χ0v) is 12.0. The lowest BCUT2D eigenvalue weighted by Crippen LogP contribution is -2.40. The van der Waals surface area contributed by atoms with Gasteiger partial charge in [-0.2, -0.15) is 0 Å². The average molecular weight is 286 g/mol. The lowest BCUT2D eigenvalue weighted by molar-refractivity contribution is -0.121. The van der Waals surface area contributed by atoms with Gasteiger partial charge >= 0.3 is 0 Å². The third kappa shape index (κ3) is 2.53. The molecule has 2 atom stereocenters. The van der Waals surface area contributed by atoms with Gasteiger partial charge in [0.1, 0.15) is 5.25 Å². The summed E-state index contributed by atoms with van der Waals surface area (Å²) in [7, 11) is 0. The van der Waals surface area contributed by atoms with E-state index in [1.165, 1.54) is 5.39 Å². The largest absolute Gasteiger partial charge is 0.351 e. The van der Waals surface area contributed by atoms with Gasteiger partial charge in [0.25, 0.3) is 0 Å². The van der Waals surface area contributed by atoms with Crippen molar-refractivity contribution in [2.75, 3.05) is 12.3 Å². The van der Waals surface area contributed by atoms with E-state index in [2.05, 4.69) is 29.6 Å². The van der Waals surface area contributed by atoms with Crippen molar-refractivity contribution >= 4 is 28.4 Å². The molecule has 3 nitrogen and oxygen atoms in total. The second kappa shape index (κ2) is 5.85. The van der Waals surface area contributed by atoms with Crippen molar-refractivity contribution in [1.82, 2.24) is 5.32 Å². The molecule has 0 aliphatic carbocycles. The molecule has 2 aromatic rings. The summed E-state index contributed by atoms with van der Waals surface area (Å²) in [5.41, 5.74) is 6.79. The highest BCUT2D eigenvalue weighted by Crippen LogP contribution is 2.36. The van der Waals surface area contributed by atoms with Gasteiger partial charge in [0.2, 0.25) is 5.91 Å². The van der Waals surface area contributed by atoms with E-state index in [0.717, 1.165) is 23.1 Å². The topological polar surface area (TPSA) is 55.1 Å². The van der Waals surface area contributed by atoms with E-state index in [9.17, 15) is 4.79 Å². The van der Waals surface area contributed by atoms with Crippen molar-refractivity contribution in [3.8, 4) is 0 Å². The van der Waals surface area contributed by atoms with Crippen molar-refractivity contribution in [2.24, 2.45) is 5.73 Å². The molecule has 0 spiro atoms. The maximum Gasteiger partial charge on any atom is 0.237 e. The molecule has 0 saturated carbocycles. The van der Waals surface area contributed by atoms with Crippen LogP contribution in [0.5, 0.6) is 0 Å². The van der Waals surface area contributed by atoms with Crippen LogP contribution in [-0.2, 0) is 4.79 Å². The van der Waals surface area contributed by atoms with E-state index < -0.39 is 0 Å². The number of carbonyl (C=O) groups is 1. The molecule has 1 aliphatic rings. The average Bonchev–Trinajstić information content (AvgIpc) is 2.68. The minimum absolute atomic E-state index is 0.0827. The summed E-state index contributed by atoms with van der Waals surface area (Å²) < 4.78 is 0. The fourth-order valence-corrected chi connectivity index (χ4v) is 3.90. The maximum absolute atomic E-state index is 12.4. The first-order chi connectivity index (χ1) is 9.79. The van der Waals surface area contributed by atoms with Crippen LogP contribution in [0.15, 0.2) is 42.5 Å². The Morgan fingerprint density at radius 2 is 2.00 bits per heavy atom. The monoisotopic (exact) mass is 286 g/mol. The van der Waals surface area contributed by atoms with Crippen LogP contribution in [-0.4, -0.2) is 24.2 Å². The van der Waals surface area contributed by atoms with Gasteiger partial charge in [0, 0.05) is 12.6 Å². The molecule has 0 unspecified atom stereocenters. The molecule has 3 N–H and O–H groups in total. The van der Waals surface area contributed by atoms with Gasteiger partial charge in [-0.25, -0.2) is 0 Å². The van der Waals surface area contributed by atoms with Gasteiger partial charge < -0.3 is 11.1 Å². The van der Waals surface area contributed by atoms with E-state index in [-0.39, 0.29) is 17.2 Å². The van der Waals surface area contributed by atoms with E-state index >= 15 is 0 Å². The molecule has 0 radical (unpaired) electrons. The van der Waals surface area contributed by atoms with Crippen LogP contribution in [0.25, 0.3) is 10.8 Å². The number of thioether (sulfide) groups is 1. The number of hydrogen-bond donors (Lipinski definition) is 2. The van der Waals surface area contributed by atoms with Crippen molar-refractivity contribution in [3.05, 3.63) is 48.0 Å². The molecule has 1 amide bonds. The molecule has 2 aromatic carbocycles. The SMILES string of the molecule is NC[C@@H]1CCS[C@H](c2cccc3ccccc23)C(=O)N1. The van der Waals surface area contributed by atoms with Gasteiger partial charge in [-0.15, -0.1) is 11.8 Å². The lowest BCUT2D eigenvalue weighted by Gasteiger charge is -2.17. The summed E-state index contributed by atoms with van der Waals surface area (Å²) in [6.45, 7) is 0.508. The van der Waals surface area contributed by atoms with Crippen LogP contribution in [0.4, 0.5) is 0 Å².